The molecule has 2 aromatic heterocycles. The van der Waals surface area contributed by atoms with E-state index in [4.69, 9.17) is 4.42 Å². The van der Waals surface area contributed by atoms with Crippen LogP contribution >= 0.6 is 23.1 Å². The zero-order valence-corrected chi connectivity index (χ0v) is 15.9. The highest BCUT2D eigenvalue weighted by Gasteiger charge is 2.19. The lowest BCUT2D eigenvalue weighted by Crippen LogP contribution is -2.30. The van der Waals surface area contributed by atoms with E-state index in [0.717, 1.165) is 10.4 Å². The van der Waals surface area contributed by atoms with Crippen LogP contribution in [0.2, 0.25) is 0 Å². The van der Waals surface area contributed by atoms with Gasteiger partial charge in [0.1, 0.15) is 5.82 Å². The molecule has 0 aliphatic rings. The quantitative estimate of drug-likeness (QED) is 0.605. The van der Waals surface area contributed by atoms with Gasteiger partial charge < -0.3 is 9.73 Å². The summed E-state index contributed by atoms with van der Waals surface area (Å²) in [5.74, 6) is 0.381. The van der Waals surface area contributed by atoms with Crippen LogP contribution in [0.5, 0.6) is 0 Å². The van der Waals surface area contributed by atoms with Crippen LogP contribution in [0.1, 0.15) is 42.1 Å². The molecule has 8 heteroatoms. The van der Waals surface area contributed by atoms with Crippen LogP contribution < -0.4 is 5.32 Å². The lowest BCUT2D eigenvalue weighted by molar-refractivity contribution is -0.119. The summed E-state index contributed by atoms with van der Waals surface area (Å²) >= 11 is 2.73. The van der Waals surface area contributed by atoms with Crippen molar-refractivity contribution in [3.63, 3.8) is 0 Å². The second-order valence-electron chi connectivity index (χ2n) is 5.92. The molecule has 1 unspecified atom stereocenters. The van der Waals surface area contributed by atoms with E-state index in [-0.39, 0.29) is 29.4 Å². The van der Waals surface area contributed by atoms with E-state index in [1.807, 2.05) is 31.4 Å². The van der Waals surface area contributed by atoms with E-state index in [9.17, 15) is 9.18 Å². The third kappa shape index (κ3) is 4.70. The highest BCUT2D eigenvalue weighted by Crippen LogP contribution is 2.27. The Kier molecular flexibility index (Phi) is 6.05. The lowest BCUT2D eigenvalue weighted by Gasteiger charge is -2.18. The molecule has 0 aliphatic heterocycles. The number of hydrogen-bond donors (Lipinski definition) is 1. The third-order valence-electron chi connectivity index (χ3n) is 3.58. The number of thioether (sulfide) groups is 1. The molecule has 3 aromatic rings. The fourth-order valence-corrected chi connectivity index (χ4v) is 3.65. The van der Waals surface area contributed by atoms with Gasteiger partial charge in [0, 0.05) is 10.8 Å². The predicted molar refractivity (Wildman–Crippen MR) is 99.8 cm³/mol. The normalized spacial score (nSPS) is 12.3. The summed E-state index contributed by atoms with van der Waals surface area (Å²) in [7, 11) is 0. The highest BCUT2D eigenvalue weighted by atomic mass is 32.2. The van der Waals surface area contributed by atoms with Gasteiger partial charge >= 0.3 is 0 Å². The van der Waals surface area contributed by atoms with Crippen molar-refractivity contribution in [2.45, 2.75) is 31.0 Å². The molecule has 0 bridgehead atoms. The number of halogens is 1. The lowest BCUT2D eigenvalue weighted by atomic mass is 10.1. The number of amides is 1. The number of carbonyl (C=O) groups is 1. The second kappa shape index (κ2) is 8.46. The van der Waals surface area contributed by atoms with Crippen molar-refractivity contribution in [3.8, 4) is 0 Å². The number of nitrogens with one attached hydrogen (secondary N) is 1. The van der Waals surface area contributed by atoms with E-state index < -0.39 is 0 Å². The van der Waals surface area contributed by atoms with Crippen LogP contribution in [-0.4, -0.2) is 21.9 Å². The first-order chi connectivity index (χ1) is 12.5. The summed E-state index contributed by atoms with van der Waals surface area (Å²) in [6.45, 7) is 3.92. The highest BCUT2D eigenvalue weighted by molar-refractivity contribution is 7.99. The standard InChI is InChI=1S/C18H18FN3O2S2/c1-11(2)17-21-22-18(24-17)26-10-15(23)20-16(14-4-3-9-25-14)12-5-7-13(19)8-6-12/h3-9,11,16H,10H2,1-2H3,(H,20,23). The summed E-state index contributed by atoms with van der Waals surface area (Å²) in [6, 6.07) is 9.69. The zero-order chi connectivity index (χ0) is 18.5. The Morgan fingerprint density at radius 1 is 1.27 bits per heavy atom. The van der Waals surface area contributed by atoms with Gasteiger partial charge in [-0.15, -0.1) is 21.5 Å². The molecule has 2 heterocycles. The van der Waals surface area contributed by atoms with Crippen LogP contribution in [0.25, 0.3) is 0 Å². The smallest absolute Gasteiger partial charge is 0.277 e. The van der Waals surface area contributed by atoms with E-state index >= 15 is 0 Å². The minimum absolute atomic E-state index is 0.146. The molecule has 5 nitrogen and oxygen atoms in total. The number of thiophene rings is 1. The number of hydrogen-bond acceptors (Lipinski definition) is 6. The van der Waals surface area contributed by atoms with Crippen LogP contribution in [0, 0.1) is 5.82 Å². The van der Waals surface area contributed by atoms with Crippen molar-refractivity contribution in [2.24, 2.45) is 0 Å². The van der Waals surface area contributed by atoms with Crippen molar-refractivity contribution < 1.29 is 13.6 Å². The van der Waals surface area contributed by atoms with Gasteiger partial charge in [-0.2, -0.15) is 0 Å². The first kappa shape index (κ1) is 18.6. The molecule has 0 saturated heterocycles. The molecule has 0 spiro atoms. The molecule has 0 aliphatic carbocycles. The molecule has 136 valence electrons. The molecule has 3 rings (SSSR count). The first-order valence-corrected chi connectivity index (χ1v) is 9.94. The average Bonchev–Trinajstić information content (AvgIpc) is 3.30. The van der Waals surface area contributed by atoms with Crippen molar-refractivity contribution >= 4 is 29.0 Å². The Balaban J connectivity index is 1.66. The average molecular weight is 391 g/mol. The van der Waals surface area contributed by atoms with Gasteiger partial charge in [0.15, 0.2) is 0 Å². The number of rotatable bonds is 7. The summed E-state index contributed by atoms with van der Waals surface area (Å²) in [5.41, 5.74) is 0.826. The maximum Gasteiger partial charge on any atom is 0.277 e. The second-order valence-corrected chi connectivity index (χ2v) is 7.82. The van der Waals surface area contributed by atoms with Crippen LogP contribution in [0.15, 0.2) is 51.4 Å². The van der Waals surface area contributed by atoms with Crippen LogP contribution in [0.3, 0.4) is 0 Å². The Hall–Kier alpha value is -2.19. The van der Waals surface area contributed by atoms with Gasteiger partial charge in [-0.05, 0) is 29.1 Å². The largest absolute Gasteiger partial charge is 0.416 e. The first-order valence-electron chi connectivity index (χ1n) is 8.07. The molecular formula is C18H18FN3O2S2. The van der Waals surface area contributed by atoms with Gasteiger partial charge in [0.2, 0.25) is 11.8 Å². The van der Waals surface area contributed by atoms with Gasteiger partial charge in [-0.1, -0.05) is 43.8 Å². The van der Waals surface area contributed by atoms with Gasteiger partial charge in [-0.25, -0.2) is 4.39 Å². The van der Waals surface area contributed by atoms with E-state index in [2.05, 4.69) is 15.5 Å². The van der Waals surface area contributed by atoms with Crippen molar-refractivity contribution in [3.05, 3.63) is 63.9 Å². The Morgan fingerprint density at radius 3 is 2.65 bits per heavy atom. The molecule has 1 aromatic carbocycles. The zero-order valence-electron chi connectivity index (χ0n) is 14.3. The molecule has 1 amide bonds. The Labute approximate surface area is 159 Å². The van der Waals surface area contributed by atoms with Gasteiger partial charge in [-0.3, -0.25) is 4.79 Å². The Bertz CT molecular complexity index is 848. The maximum atomic E-state index is 13.2. The molecule has 26 heavy (non-hydrogen) atoms. The molecule has 0 radical (unpaired) electrons. The minimum atomic E-state index is -0.322. The van der Waals surface area contributed by atoms with Gasteiger partial charge in [0.25, 0.3) is 5.22 Å². The summed E-state index contributed by atoms with van der Waals surface area (Å²) in [4.78, 5) is 13.4. The molecule has 1 N–H and O–H groups in total. The minimum Gasteiger partial charge on any atom is -0.416 e. The number of aromatic nitrogens is 2. The molecular weight excluding hydrogens is 373 g/mol. The monoisotopic (exact) mass is 391 g/mol. The maximum absolute atomic E-state index is 13.2. The van der Waals surface area contributed by atoms with E-state index in [1.54, 1.807) is 12.1 Å². The number of carbonyl (C=O) groups excluding carboxylic acids is 1. The third-order valence-corrected chi connectivity index (χ3v) is 5.33. The molecule has 1 atom stereocenters. The van der Waals surface area contributed by atoms with Crippen molar-refractivity contribution in [1.29, 1.82) is 0 Å². The summed E-state index contributed by atoms with van der Waals surface area (Å²) < 4.78 is 18.7. The van der Waals surface area contributed by atoms with Crippen LogP contribution in [0.4, 0.5) is 4.39 Å². The summed E-state index contributed by atoms with van der Waals surface area (Å²) in [6.07, 6.45) is 0. The summed E-state index contributed by atoms with van der Waals surface area (Å²) in [5, 5.41) is 13.2. The van der Waals surface area contributed by atoms with Gasteiger partial charge in [0.05, 0.1) is 11.8 Å². The number of benzene rings is 1. The topological polar surface area (TPSA) is 68.0 Å². The van der Waals surface area contributed by atoms with Crippen LogP contribution in [-0.2, 0) is 4.79 Å². The van der Waals surface area contributed by atoms with E-state index in [1.165, 1.54) is 35.2 Å². The molecule has 0 fully saturated rings. The number of nitrogens with zero attached hydrogens (tertiary/aromatic N) is 2. The van der Waals surface area contributed by atoms with E-state index in [0.29, 0.717) is 11.1 Å². The van der Waals surface area contributed by atoms with Crippen molar-refractivity contribution in [1.82, 2.24) is 15.5 Å². The SMILES string of the molecule is CC(C)c1nnc(SCC(=O)NC(c2ccc(F)cc2)c2cccs2)o1. The van der Waals surface area contributed by atoms with Crippen molar-refractivity contribution in [2.75, 3.05) is 5.75 Å². The molecule has 0 saturated carbocycles. The Morgan fingerprint density at radius 2 is 2.04 bits per heavy atom. The fourth-order valence-electron chi connectivity index (χ4n) is 2.27. The predicted octanol–water partition coefficient (Wildman–Crippen LogP) is 4.39. The fraction of sp³-hybridized carbons (Fsp3) is 0.278.